The molecule has 0 spiro atoms. The third-order valence-corrected chi connectivity index (χ3v) is 3.38. The first-order valence-electron chi connectivity index (χ1n) is 4.31. The lowest BCUT2D eigenvalue weighted by molar-refractivity contribution is -0.143. The molecule has 0 aromatic heterocycles. The van der Waals surface area contributed by atoms with E-state index in [1.807, 2.05) is 0 Å². The van der Waals surface area contributed by atoms with Crippen molar-refractivity contribution in [1.29, 1.82) is 0 Å². The third-order valence-electron chi connectivity index (χ3n) is 1.89. The highest BCUT2D eigenvalue weighted by atomic mass is 32.2. The normalized spacial score (nSPS) is 28.1. The van der Waals surface area contributed by atoms with Crippen LogP contribution in [0.3, 0.4) is 0 Å². The summed E-state index contributed by atoms with van der Waals surface area (Å²) in [5.41, 5.74) is 0.399. The van der Waals surface area contributed by atoms with Crippen LogP contribution >= 0.6 is 0 Å². The number of carbonyl (C=O) groups excluding carboxylic acids is 1. The van der Waals surface area contributed by atoms with Gasteiger partial charge in [-0.2, -0.15) is 0 Å². The van der Waals surface area contributed by atoms with Crippen molar-refractivity contribution in [2.24, 2.45) is 0 Å². The van der Waals surface area contributed by atoms with Crippen molar-refractivity contribution < 1.29 is 13.7 Å². The van der Waals surface area contributed by atoms with Crippen molar-refractivity contribution in [3.63, 3.8) is 0 Å². The van der Waals surface area contributed by atoms with Crippen molar-refractivity contribution >= 4 is 16.8 Å². The summed E-state index contributed by atoms with van der Waals surface area (Å²) in [7, 11) is -0.807. The van der Waals surface area contributed by atoms with Gasteiger partial charge in [0.1, 0.15) is 6.10 Å². The quantitative estimate of drug-likeness (QED) is 0.496. The SMILES string of the molecule is C=C(C)C(=O)OC1CCCS(=O)C1. The Morgan fingerprint density at radius 3 is 2.85 bits per heavy atom. The fourth-order valence-electron chi connectivity index (χ4n) is 1.19. The zero-order valence-corrected chi connectivity index (χ0v) is 8.56. The first-order chi connectivity index (χ1) is 6.09. The predicted octanol–water partition coefficient (Wildman–Crippen LogP) is 1.02. The van der Waals surface area contributed by atoms with E-state index in [0.717, 1.165) is 18.6 Å². The summed E-state index contributed by atoms with van der Waals surface area (Å²) in [6, 6.07) is 0. The molecule has 4 heteroatoms. The van der Waals surface area contributed by atoms with E-state index in [4.69, 9.17) is 4.74 Å². The topological polar surface area (TPSA) is 43.4 Å². The van der Waals surface area contributed by atoms with Gasteiger partial charge in [0.25, 0.3) is 0 Å². The van der Waals surface area contributed by atoms with Crippen LogP contribution in [0.25, 0.3) is 0 Å². The molecule has 1 aliphatic heterocycles. The van der Waals surface area contributed by atoms with Crippen LogP contribution in [0.1, 0.15) is 19.8 Å². The molecular formula is C9H14O3S. The van der Waals surface area contributed by atoms with Gasteiger partial charge in [0.15, 0.2) is 0 Å². The van der Waals surface area contributed by atoms with Crippen molar-refractivity contribution in [1.82, 2.24) is 0 Å². The van der Waals surface area contributed by atoms with Gasteiger partial charge in [-0.05, 0) is 19.8 Å². The molecule has 1 rings (SSSR count). The fourth-order valence-corrected chi connectivity index (χ4v) is 2.50. The van der Waals surface area contributed by atoms with Gasteiger partial charge in [0.05, 0.1) is 5.75 Å². The summed E-state index contributed by atoms with van der Waals surface area (Å²) < 4.78 is 16.2. The van der Waals surface area contributed by atoms with Crippen LogP contribution in [0.4, 0.5) is 0 Å². The first-order valence-corrected chi connectivity index (χ1v) is 5.80. The van der Waals surface area contributed by atoms with Crippen LogP contribution < -0.4 is 0 Å². The second kappa shape index (κ2) is 4.56. The van der Waals surface area contributed by atoms with Gasteiger partial charge >= 0.3 is 5.97 Å². The molecule has 3 nitrogen and oxygen atoms in total. The number of carbonyl (C=O) groups is 1. The van der Waals surface area contributed by atoms with E-state index in [1.165, 1.54) is 0 Å². The van der Waals surface area contributed by atoms with Crippen molar-refractivity contribution in [3.05, 3.63) is 12.2 Å². The van der Waals surface area contributed by atoms with Gasteiger partial charge in [-0.25, -0.2) is 4.79 Å². The maximum absolute atomic E-state index is 11.1. The van der Waals surface area contributed by atoms with E-state index in [1.54, 1.807) is 6.92 Å². The first kappa shape index (κ1) is 10.4. The Morgan fingerprint density at radius 2 is 2.31 bits per heavy atom. The molecule has 1 aliphatic rings. The summed E-state index contributed by atoms with van der Waals surface area (Å²) in [4.78, 5) is 11.1. The Balaban J connectivity index is 2.40. The van der Waals surface area contributed by atoms with E-state index in [2.05, 4.69) is 6.58 Å². The Kier molecular flexibility index (Phi) is 3.66. The second-order valence-electron chi connectivity index (χ2n) is 3.26. The van der Waals surface area contributed by atoms with Crippen LogP contribution in [0.5, 0.6) is 0 Å². The Labute approximate surface area is 80.6 Å². The largest absolute Gasteiger partial charge is 0.458 e. The number of ether oxygens (including phenoxy) is 1. The highest BCUT2D eigenvalue weighted by molar-refractivity contribution is 7.85. The highest BCUT2D eigenvalue weighted by Crippen LogP contribution is 2.13. The lowest BCUT2D eigenvalue weighted by Gasteiger charge is -2.21. The molecule has 0 aromatic carbocycles. The molecule has 1 saturated heterocycles. The molecule has 2 atom stereocenters. The van der Waals surface area contributed by atoms with Crippen LogP contribution in [0.15, 0.2) is 12.2 Å². The molecule has 74 valence electrons. The predicted molar refractivity (Wildman–Crippen MR) is 51.8 cm³/mol. The van der Waals surface area contributed by atoms with Crippen LogP contribution in [-0.4, -0.2) is 27.8 Å². The minimum Gasteiger partial charge on any atom is -0.458 e. The second-order valence-corrected chi connectivity index (χ2v) is 4.88. The Bertz CT molecular complexity index is 247. The summed E-state index contributed by atoms with van der Waals surface area (Å²) in [5.74, 6) is 0.851. The molecule has 0 saturated carbocycles. The minimum atomic E-state index is -0.807. The maximum Gasteiger partial charge on any atom is 0.333 e. The fraction of sp³-hybridized carbons (Fsp3) is 0.667. The van der Waals surface area contributed by atoms with E-state index >= 15 is 0 Å². The van der Waals surface area contributed by atoms with Gasteiger partial charge < -0.3 is 4.74 Å². The number of rotatable bonds is 2. The molecule has 2 unspecified atom stereocenters. The van der Waals surface area contributed by atoms with Gasteiger partial charge in [-0.1, -0.05) is 6.58 Å². The third kappa shape index (κ3) is 3.30. The maximum atomic E-state index is 11.1. The van der Waals surface area contributed by atoms with E-state index in [-0.39, 0.29) is 12.1 Å². The standard InChI is InChI=1S/C9H14O3S/c1-7(2)9(10)12-8-4-3-5-13(11)6-8/h8H,1,3-6H2,2H3. The Morgan fingerprint density at radius 1 is 1.62 bits per heavy atom. The van der Waals surface area contributed by atoms with Crippen LogP contribution in [-0.2, 0) is 20.3 Å². The molecule has 13 heavy (non-hydrogen) atoms. The highest BCUT2D eigenvalue weighted by Gasteiger charge is 2.21. The average Bonchev–Trinajstić information content (AvgIpc) is 2.04. The minimum absolute atomic E-state index is 0.168. The van der Waals surface area contributed by atoms with Crippen molar-refractivity contribution in [2.45, 2.75) is 25.9 Å². The lowest BCUT2D eigenvalue weighted by atomic mass is 10.2. The van der Waals surface area contributed by atoms with E-state index < -0.39 is 10.8 Å². The lowest BCUT2D eigenvalue weighted by Crippen LogP contribution is -2.29. The molecule has 1 fully saturated rings. The Hall–Kier alpha value is -0.640. The van der Waals surface area contributed by atoms with Crippen molar-refractivity contribution in [2.75, 3.05) is 11.5 Å². The molecule has 1 heterocycles. The number of hydrogen-bond acceptors (Lipinski definition) is 3. The summed E-state index contributed by atoms with van der Waals surface area (Å²) >= 11 is 0. The number of esters is 1. The molecule has 0 amide bonds. The summed E-state index contributed by atoms with van der Waals surface area (Å²) in [5, 5.41) is 0. The van der Waals surface area contributed by atoms with Gasteiger partial charge in [-0.3, -0.25) is 4.21 Å². The van der Waals surface area contributed by atoms with E-state index in [0.29, 0.717) is 11.3 Å². The molecule has 0 radical (unpaired) electrons. The van der Waals surface area contributed by atoms with Gasteiger partial charge in [0.2, 0.25) is 0 Å². The van der Waals surface area contributed by atoms with E-state index in [9.17, 15) is 9.00 Å². The molecule has 0 aromatic rings. The zero-order valence-electron chi connectivity index (χ0n) is 7.75. The van der Waals surface area contributed by atoms with Crippen molar-refractivity contribution in [3.8, 4) is 0 Å². The molecule has 0 bridgehead atoms. The van der Waals surface area contributed by atoms with Crippen LogP contribution in [0, 0.1) is 0 Å². The average molecular weight is 202 g/mol. The smallest absolute Gasteiger partial charge is 0.333 e. The monoisotopic (exact) mass is 202 g/mol. The summed E-state index contributed by atoms with van der Waals surface area (Å²) in [6.07, 6.45) is 1.53. The van der Waals surface area contributed by atoms with Crippen LogP contribution in [0.2, 0.25) is 0 Å². The van der Waals surface area contributed by atoms with Gasteiger partial charge in [-0.15, -0.1) is 0 Å². The molecule has 0 N–H and O–H groups in total. The number of hydrogen-bond donors (Lipinski definition) is 0. The summed E-state index contributed by atoms with van der Waals surface area (Å²) in [6.45, 7) is 5.10. The molecular weight excluding hydrogens is 188 g/mol. The zero-order chi connectivity index (χ0) is 9.84. The molecule has 0 aliphatic carbocycles. The van der Waals surface area contributed by atoms with Gasteiger partial charge in [0, 0.05) is 22.1 Å².